The number of hydrogen-bond acceptors (Lipinski definition) is 11. The Balaban J connectivity index is 0.000000199. The van der Waals surface area contributed by atoms with Gasteiger partial charge in [0.1, 0.15) is 10.4 Å². The van der Waals surface area contributed by atoms with Crippen molar-refractivity contribution in [3.63, 3.8) is 0 Å². The minimum Gasteiger partial charge on any atom is 2.00 e. The van der Waals surface area contributed by atoms with Crippen LogP contribution in [-0.4, -0.2) is 127 Å². The second kappa shape index (κ2) is 48.5. The molecular weight excluding hydrogens is 2480 g/mol. The van der Waals surface area contributed by atoms with Gasteiger partial charge in [-0.1, -0.05) is 37.9 Å². The first-order valence-corrected chi connectivity index (χ1v) is 91.6. The van der Waals surface area contributed by atoms with Crippen molar-refractivity contribution in [3.8, 4) is 62.0 Å². The summed E-state index contributed by atoms with van der Waals surface area (Å²) in [5.41, 5.74) is 24.5. The molecule has 15 aromatic rings. The van der Waals surface area contributed by atoms with Crippen molar-refractivity contribution in [3.05, 3.63) is 354 Å². The summed E-state index contributed by atoms with van der Waals surface area (Å²) in [5, 5.41) is 8.25. The van der Waals surface area contributed by atoms with Gasteiger partial charge < -0.3 is 9.68 Å². The molecule has 131 heavy (non-hydrogen) atoms. The third-order valence-electron chi connectivity index (χ3n) is 21.6. The van der Waals surface area contributed by atoms with Gasteiger partial charge in [0.15, 0.2) is 0 Å². The van der Waals surface area contributed by atoms with Gasteiger partial charge in [0.05, 0.1) is 0 Å². The van der Waals surface area contributed by atoms with Crippen LogP contribution in [-0.2, 0) is 21.1 Å². The van der Waals surface area contributed by atoms with Crippen LogP contribution in [0.4, 0.5) is 34.1 Å². The van der Waals surface area contributed by atoms with Gasteiger partial charge in [0.2, 0.25) is 0 Å². The third-order valence-corrected chi connectivity index (χ3v) is 49.7. The summed E-state index contributed by atoms with van der Waals surface area (Å²) in [6, 6.07) is 92.9. The molecule has 0 bridgehead atoms. The molecule has 0 aliphatic rings. The zero-order valence-corrected chi connectivity index (χ0v) is 103. The van der Waals surface area contributed by atoms with Crippen molar-refractivity contribution in [2.24, 2.45) is 0 Å². The molecule has 11 nitrogen and oxygen atoms in total. The van der Waals surface area contributed by atoms with Crippen LogP contribution in [0.2, 0.25) is 104 Å². The van der Waals surface area contributed by atoms with Crippen LogP contribution in [0.5, 0.6) is 5.75 Å². The fraction of sp³-hybridized carbons (Fsp3) is 0.224. The summed E-state index contributed by atoms with van der Waals surface area (Å²) in [5.74, 6) is 44.1. The maximum absolute atomic E-state index is 8.25. The quantitative estimate of drug-likeness (QED) is 0.0472. The Bertz CT molecular complexity index is 5870. The number of aromatic nitrogens is 7. The SMILES string of the molecule is Brc1ccnc(Br)c1.Cc1cc(C)c(N(c2[c-]c(-c3c[c]([Ge]([CH3])([CH3])[CH3])ccn3)ccc2)c2[c-]c(-c3c[c]([Ge]([CH3])([CH3])[CH3])ccn3)ccc2)c(C)c1.Cc1cc(C)c(N(c2cccc(-c3c[c]([Ge]([CH3])([CH3])[CH3])ccn3)c2)c2cccc(-c3c[c]([Ge]([CH3])([CH3])[CH3])ccn3)c2)c(C)c1.O[B]Oc1cccc(Br)c1.[CH3][Ge]([CH3])([CH3])[c]1ccnc(-c2cccc(Br)c2)c1.[CH3][Ge]([CH3])([CH3])[c]1ccnc(Br)c1.[Pt+2]. The van der Waals surface area contributed by atoms with Crippen LogP contribution in [0.3, 0.4) is 0 Å². The number of nitrogens with zero attached hydrogens (tertiary/aromatic N) is 9. The van der Waals surface area contributed by atoms with Gasteiger partial charge in [-0.3, -0.25) is 0 Å². The summed E-state index contributed by atoms with van der Waals surface area (Å²) in [6.07, 6.45) is 13.4. The predicted octanol–water partition coefficient (Wildman–Crippen LogP) is 28.6. The Morgan fingerprint density at radius 3 is 0.901 bits per heavy atom. The fourth-order valence-corrected chi connectivity index (χ4v) is 31.7. The first-order chi connectivity index (χ1) is 61.2. The van der Waals surface area contributed by atoms with Crippen molar-refractivity contribution >= 4 is 227 Å². The van der Waals surface area contributed by atoms with E-state index in [2.05, 4.69) is 460 Å². The molecule has 0 fully saturated rings. The van der Waals surface area contributed by atoms with Crippen molar-refractivity contribution in [1.82, 2.24) is 34.9 Å². The number of halogens is 5. The van der Waals surface area contributed by atoms with Crippen LogP contribution in [0.15, 0.2) is 309 Å². The number of rotatable bonds is 19. The maximum Gasteiger partial charge on any atom is 2.00 e. The van der Waals surface area contributed by atoms with Crippen molar-refractivity contribution < 1.29 is 30.7 Å². The van der Waals surface area contributed by atoms with Crippen LogP contribution >= 0.6 is 79.6 Å². The molecule has 15 rings (SSSR count). The molecule has 0 atom stereocenters. The standard InChI is InChI=1S/C37H43Ge2N3.C37H41Ge2N3.C14H16BrGeN.C8H12BrGeN.C6H5BBrO2.C5H3Br2N.Pt/c2*1-26-20-27(2)37(28(3)21-26)42(33-14-10-12-29(22-33)35-24-31(16-18-40-35)38(4,5)6)34-15-11-13-30(23-34)36-25-32(17-19-41-36)39(7,8)9;1-16(2,3)13-7-8-17-14(10-13)11-5-4-6-12(15)9-11;1-10(2,3)7-4-5-11-8(9)6-7;8-5-2-1-3-6(4-5)10-7-9;6-4-1-2-8-5(7)3-4;/h10-25H,1-9H3;10-21,24-25H,1-9H3;4-10H,1-3H3;4-6H,1-3H3;1-4,9H;1-3H;/q;-2;;;;;+2. The van der Waals surface area contributed by atoms with E-state index < -0.39 is 79.6 Å². The molecular formula is C107H120BBr5Ge6N9O2Pt. The molecule has 7 heterocycles. The number of benzene rings is 8. The summed E-state index contributed by atoms with van der Waals surface area (Å²) < 4.78 is 18.4. The molecule has 24 heteroatoms. The topological polar surface area (TPSA) is 126 Å². The van der Waals surface area contributed by atoms with Gasteiger partial charge in [0, 0.05) is 15.1 Å². The summed E-state index contributed by atoms with van der Waals surface area (Å²) >= 11 is 5.25. The van der Waals surface area contributed by atoms with Gasteiger partial charge in [-0.25, -0.2) is 4.98 Å². The summed E-state index contributed by atoms with van der Waals surface area (Å²) in [4.78, 5) is 36.4. The minimum atomic E-state index is -2.02. The second-order valence-corrected chi connectivity index (χ2v) is 107. The number of aryl methyl sites for hydroxylation is 6. The van der Waals surface area contributed by atoms with Crippen LogP contribution < -0.4 is 40.8 Å². The summed E-state index contributed by atoms with van der Waals surface area (Å²) in [6.45, 7) is 13.2. The molecule has 1 radical (unpaired) electrons. The van der Waals surface area contributed by atoms with Crippen LogP contribution in [0.1, 0.15) is 33.4 Å². The largest absolute Gasteiger partial charge is 2.00 e. The van der Waals surface area contributed by atoms with Gasteiger partial charge in [-0.2, -0.15) is 0 Å². The van der Waals surface area contributed by atoms with E-state index in [4.69, 9.17) is 25.0 Å². The van der Waals surface area contributed by atoms with E-state index in [9.17, 15) is 0 Å². The van der Waals surface area contributed by atoms with Crippen molar-refractivity contribution in [1.29, 1.82) is 0 Å². The van der Waals surface area contributed by atoms with E-state index in [-0.39, 0.29) is 21.1 Å². The molecule has 0 amide bonds. The summed E-state index contributed by atoms with van der Waals surface area (Å²) in [7, 11) is 0.655. The van der Waals surface area contributed by atoms with Crippen molar-refractivity contribution in [2.45, 2.75) is 145 Å². The number of anilines is 6. The third kappa shape index (κ3) is 32.1. The zero-order valence-electron chi connectivity index (χ0n) is 79.8. The molecule has 677 valence electrons. The fourth-order valence-electron chi connectivity index (χ4n) is 14.7. The van der Waals surface area contributed by atoms with Gasteiger partial charge in [-0.15, -0.1) is 0 Å². The molecule has 0 saturated carbocycles. The molecule has 7 aromatic heterocycles. The first-order valence-electron chi connectivity index (χ1n) is 43.6. The van der Waals surface area contributed by atoms with E-state index >= 15 is 0 Å². The first kappa shape index (κ1) is 108. The number of pyridine rings is 7. The van der Waals surface area contributed by atoms with Gasteiger partial charge in [0.25, 0.3) is 0 Å². The molecule has 0 spiro atoms. The Morgan fingerprint density at radius 1 is 0.290 bits per heavy atom. The maximum atomic E-state index is 8.25. The molecule has 1 N–H and O–H groups in total. The Labute approximate surface area is 853 Å². The molecule has 0 aliphatic heterocycles. The van der Waals surface area contributed by atoms with Crippen molar-refractivity contribution in [2.75, 3.05) is 9.80 Å². The second-order valence-electron chi connectivity index (χ2n) is 38.7. The number of hydrogen-bond donors (Lipinski definition) is 1. The van der Waals surface area contributed by atoms with Gasteiger partial charge in [-0.05, 0) is 46.3 Å². The molecule has 0 aliphatic carbocycles. The van der Waals surface area contributed by atoms with Crippen LogP contribution in [0, 0.1) is 53.7 Å². The van der Waals surface area contributed by atoms with Crippen LogP contribution in [0.25, 0.3) is 56.3 Å². The Hall–Kier alpha value is -6.42. The molecule has 8 aromatic carbocycles. The van der Waals surface area contributed by atoms with E-state index in [1.165, 1.54) is 71.0 Å². The molecule has 0 saturated heterocycles. The minimum absolute atomic E-state index is 0. The average molecular weight is 2610 g/mol. The van der Waals surface area contributed by atoms with E-state index in [0.717, 1.165) is 102 Å². The zero-order chi connectivity index (χ0) is 94.8. The normalized spacial score (nSPS) is 11.4. The van der Waals surface area contributed by atoms with Gasteiger partial charge >= 0.3 is 740 Å². The monoisotopic (exact) mass is 2610 g/mol. The smallest absolute Gasteiger partial charge is 2.00 e. The Morgan fingerprint density at radius 2 is 0.580 bits per heavy atom. The van der Waals surface area contributed by atoms with E-state index in [0.29, 0.717) is 13.4 Å². The molecule has 0 unspecified atom stereocenters. The Kier molecular flexibility index (Phi) is 40.1. The average Bonchev–Trinajstić information content (AvgIpc) is 0.773. The predicted molar refractivity (Wildman–Crippen MR) is 591 cm³/mol. The van der Waals surface area contributed by atoms with E-state index in [1.54, 1.807) is 18.3 Å². The van der Waals surface area contributed by atoms with E-state index in [1.807, 2.05) is 73.6 Å².